The standard InChI is InChI=1S/C22H24N2O3/c1-3-16-8-9-20-17(12-16)13-18(21(26)23-20)14-24(10-11-25)22(27)19-7-5-4-6-15(19)2/h4-9,12-13,25H,3,10-11,14H2,1-2H3,(H,23,26). The van der Waals surface area contributed by atoms with Crippen molar-refractivity contribution in [1.29, 1.82) is 0 Å². The second-order valence-electron chi connectivity index (χ2n) is 6.66. The molecule has 0 bridgehead atoms. The molecular weight excluding hydrogens is 340 g/mol. The predicted octanol–water partition coefficient (Wildman–Crippen LogP) is 3.03. The first-order valence-corrected chi connectivity index (χ1v) is 9.14. The van der Waals surface area contributed by atoms with E-state index < -0.39 is 0 Å². The molecule has 0 radical (unpaired) electrons. The van der Waals surface area contributed by atoms with E-state index in [-0.39, 0.29) is 31.2 Å². The third-order valence-electron chi connectivity index (χ3n) is 4.79. The van der Waals surface area contributed by atoms with Crippen LogP contribution in [0.2, 0.25) is 0 Å². The summed E-state index contributed by atoms with van der Waals surface area (Å²) in [4.78, 5) is 29.8. The van der Waals surface area contributed by atoms with Gasteiger partial charge in [-0.25, -0.2) is 0 Å². The summed E-state index contributed by atoms with van der Waals surface area (Å²) in [5.74, 6) is -0.191. The van der Waals surface area contributed by atoms with Gasteiger partial charge in [0.25, 0.3) is 11.5 Å². The van der Waals surface area contributed by atoms with Crippen molar-refractivity contribution in [1.82, 2.24) is 9.88 Å². The highest BCUT2D eigenvalue weighted by atomic mass is 16.3. The lowest BCUT2D eigenvalue weighted by molar-refractivity contribution is 0.0706. The third-order valence-corrected chi connectivity index (χ3v) is 4.79. The molecule has 0 aliphatic carbocycles. The fourth-order valence-electron chi connectivity index (χ4n) is 3.20. The number of aromatic amines is 1. The molecule has 27 heavy (non-hydrogen) atoms. The third kappa shape index (κ3) is 4.09. The van der Waals surface area contributed by atoms with E-state index in [0.29, 0.717) is 11.1 Å². The smallest absolute Gasteiger partial charge is 0.254 e. The number of carbonyl (C=O) groups excluding carboxylic acids is 1. The van der Waals surface area contributed by atoms with Gasteiger partial charge < -0.3 is 15.0 Å². The van der Waals surface area contributed by atoms with Gasteiger partial charge in [0.2, 0.25) is 0 Å². The van der Waals surface area contributed by atoms with Crippen LogP contribution in [0.15, 0.2) is 53.3 Å². The number of rotatable bonds is 6. The molecule has 5 nitrogen and oxygen atoms in total. The molecule has 3 aromatic rings. The highest BCUT2D eigenvalue weighted by Gasteiger charge is 2.19. The Balaban J connectivity index is 1.96. The summed E-state index contributed by atoms with van der Waals surface area (Å²) in [7, 11) is 0. The van der Waals surface area contributed by atoms with Crippen LogP contribution in [0.5, 0.6) is 0 Å². The van der Waals surface area contributed by atoms with Gasteiger partial charge >= 0.3 is 0 Å². The molecule has 3 rings (SSSR count). The molecule has 1 amide bonds. The molecule has 0 aliphatic heterocycles. The maximum Gasteiger partial charge on any atom is 0.254 e. The second kappa shape index (κ2) is 8.18. The number of aliphatic hydroxyl groups is 1. The number of aryl methyl sites for hydroxylation is 2. The average Bonchev–Trinajstić information content (AvgIpc) is 2.67. The normalized spacial score (nSPS) is 10.9. The van der Waals surface area contributed by atoms with Crippen molar-refractivity contribution in [2.75, 3.05) is 13.2 Å². The number of pyridine rings is 1. The fraction of sp³-hybridized carbons (Fsp3) is 0.273. The molecule has 0 fully saturated rings. The number of aliphatic hydroxyl groups excluding tert-OH is 1. The molecule has 1 aromatic heterocycles. The van der Waals surface area contributed by atoms with Crippen molar-refractivity contribution in [2.45, 2.75) is 26.8 Å². The lowest BCUT2D eigenvalue weighted by atomic mass is 10.1. The summed E-state index contributed by atoms with van der Waals surface area (Å²) >= 11 is 0. The Labute approximate surface area is 158 Å². The summed E-state index contributed by atoms with van der Waals surface area (Å²) < 4.78 is 0. The second-order valence-corrected chi connectivity index (χ2v) is 6.66. The van der Waals surface area contributed by atoms with Crippen LogP contribution in [0.25, 0.3) is 10.9 Å². The predicted molar refractivity (Wildman–Crippen MR) is 107 cm³/mol. The summed E-state index contributed by atoms with van der Waals surface area (Å²) in [6.07, 6.45) is 0.910. The highest BCUT2D eigenvalue weighted by Crippen LogP contribution is 2.17. The number of hydrogen-bond donors (Lipinski definition) is 2. The van der Waals surface area contributed by atoms with Crippen LogP contribution in [0.3, 0.4) is 0 Å². The van der Waals surface area contributed by atoms with Crippen molar-refractivity contribution in [2.24, 2.45) is 0 Å². The number of nitrogens with one attached hydrogen (secondary N) is 1. The Kier molecular flexibility index (Phi) is 5.72. The molecule has 1 heterocycles. The van der Waals surface area contributed by atoms with Gasteiger partial charge in [-0.05, 0) is 54.1 Å². The van der Waals surface area contributed by atoms with Gasteiger partial charge in [0.1, 0.15) is 0 Å². The molecule has 2 N–H and O–H groups in total. The van der Waals surface area contributed by atoms with E-state index in [4.69, 9.17) is 0 Å². The molecule has 0 spiro atoms. The molecule has 0 atom stereocenters. The zero-order valence-corrected chi connectivity index (χ0v) is 15.7. The van der Waals surface area contributed by atoms with Gasteiger partial charge in [-0.1, -0.05) is 31.2 Å². The molecular formula is C22H24N2O3. The first-order chi connectivity index (χ1) is 13.0. The first kappa shape index (κ1) is 18.9. The monoisotopic (exact) mass is 364 g/mol. The van der Waals surface area contributed by atoms with Gasteiger partial charge in [-0.15, -0.1) is 0 Å². The maximum atomic E-state index is 12.9. The zero-order valence-electron chi connectivity index (χ0n) is 15.7. The van der Waals surface area contributed by atoms with Gasteiger partial charge in [-0.3, -0.25) is 9.59 Å². The number of nitrogens with zero attached hydrogens (tertiary/aromatic N) is 1. The van der Waals surface area contributed by atoms with Crippen LogP contribution in [0, 0.1) is 6.92 Å². The van der Waals surface area contributed by atoms with Crippen molar-refractivity contribution in [3.05, 3.63) is 81.1 Å². The van der Waals surface area contributed by atoms with Crippen molar-refractivity contribution >= 4 is 16.8 Å². The van der Waals surface area contributed by atoms with Crippen LogP contribution in [0.4, 0.5) is 0 Å². The minimum absolute atomic E-state index is 0.148. The Bertz CT molecular complexity index is 1020. The van der Waals surface area contributed by atoms with Crippen LogP contribution in [-0.2, 0) is 13.0 Å². The molecule has 140 valence electrons. The number of amides is 1. The SMILES string of the molecule is CCc1ccc2[nH]c(=O)c(CN(CCO)C(=O)c3ccccc3C)cc2c1. The molecule has 0 saturated carbocycles. The summed E-state index contributed by atoms with van der Waals surface area (Å²) in [5.41, 5.74) is 3.70. The van der Waals surface area contributed by atoms with Crippen LogP contribution >= 0.6 is 0 Å². The molecule has 0 aliphatic rings. The van der Waals surface area contributed by atoms with Crippen LogP contribution in [-0.4, -0.2) is 34.0 Å². The number of H-pyrrole nitrogens is 1. The average molecular weight is 364 g/mol. The Morgan fingerprint density at radius 2 is 1.93 bits per heavy atom. The fourth-order valence-corrected chi connectivity index (χ4v) is 3.20. The highest BCUT2D eigenvalue weighted by molar-refractivity contribution is 5.95. The lowest BCUT2D eigenvalue weighted by Crippen LogP contribution is -2.35. The molecule has 2 aromatic carbocycles. The van der Waals surface area contributed by atoms with E-state index in [1.54, 1.807) is 6.07 Å². The summed E-state index contributed by atoms with van der Waals surface area (Å²) in [5, 5.41) is 10.4. The molecule has 0 saturated heterocycles. The Hall–Kier alpha value is -2.92. The summed E-state index contributed by atoms with van der Waals surface area (Å²) in [6.45, 7) is 4.11. The minimum atomic E-state index is -0.215. The van der Waals surface area contributed by atoms with Crippen molar-refractivity contribution < 1.29 is 9.90 Å². The Morgan fingerprint density at radius 1 is 1.15 bits per heavy atom. The van der Waals surface area contributed by atoms with E-state index >= 15 is 0 Å². The zero-order chi connectivity index (χ0) is 19.4. The van der Waals surface area contributed by atoms with Gasteiger partial charge in [0.05, 0.1) is 13.2 Å². The van der Waals surface area contributed by atoms with Crippen molar-refractivity contribution in [3.63, 3.8) is 0 Å². The summed E-state index contributed by atoms with van der Waals surface area (Å²) in [6, 6.07) is 15.1. The van der Waals surface area contributed by atoms with E-state index in [1.165, 1.54) is 10.5 Å². The van der Waals surface area contributed by atoms with E-state index in [1.807, 2.05) is 49.4 Å². The van der Waals surface area contributed by atoms with E-state index in [0.717, 1.165) is 22.9 Å². The number of fused-ring (bicyclic) bond motifs is 1. The van der Waals surface area contributed by atoms with Crippen molar-refractivity contribution in [3.8, 4) is 0 Å². The number of aromatic nitrogens is 1. The maximum absolute atomic E-state index is 12.9. The number of hydrogen-bond acceptors (Lipinski definition) is 3. The Morgan fingerprint density at radius 3 is 2.63 bits per heavy atom. The topological polar surface area (TPSA) is 73.4 Å². The lowest BCUT2D eigenvalue weighted by Gasteiger charge is -2.22. The number of benzene rings is 2. The van der Waals surface area contributed by atoms with E-state index in [2.05, 4.69) is 11.9 Å². The molecule has 0 unspecified atom stereocenters. The first-order valence-electron chi connectivity index (χ1n) is 9.14. The van der Waals surface area contributed by atoms with Gasteiger partial charge in [-0.2, -0.15) is 0 Å². The largest absolute Gasteiger partial charge is 0.395 e. The van der Waals surface area contributed by atoms with Crippen LogP contribution in [0.1, 0.15) is 34.0 Å². The quantitative estimate of drug-likeness (QED) is 0.706. The van der Waals surface area contributed by atoms with Gasteiger partial charge in [0, 0.05) is 23.2 Å². The van der Waals surface area contributed by atoms with E-state index in [9.17, 15) is 14.7 Å². The number of carbonyl (C=O) groups is 1. The van der Waals surface area contributed by atoms with Gasteiger partial charge in [0.15, 0.2) is 0 Å². The van der Waals surface area contributed by atoms with Crippen LogP contribution < -0.4 is 5.56 Å². The molecule has 5 heteroatoms. The minimum Gasteiger partial charge on any atom is -0.395 e.